The summed E-state index contributed by atoms with van der Waals surface area (Å²) in [6, 6.07) is 13.1. The van der Waals surface area contributed by atoms with Gasteiger partial charge in [0.25, 0.3) is 5.91 Å². The quantitative estimate of drug-likeness (QED) is 0.658. The first-order chi connectivity index (χ1) is 14.4. The standard InChI is InChI=1S/C23H30N6O/c1-15-13-19(21-16(2)27-29(4)22(21)24-15)23(30)28(3)12-8-11-18-14-20(26-25-18)17-9-6-5-7-10-17/h5-7,9-10,13,18,20,25-26H,8,11-12,14H2,1-4H3. The molecule has 0 radical (unpaired) electrons. The summed E-state index contributed by atoms with van der Waals surface area (Å²) in [4.78, 5) is 19.5. The largest absolute Gasteiger partial charge is 0.342 e. The molecular weight excluding hydrogens is 376 g/mol. The molecule has 1 amide bonds. The highest BCUT2D eigenvalue weighted by Gasteiger charge is 2.25. The van der Waals surface area contributed by atoms with Gasteiger partial charge in [0.05, 0.1) is 16.6 Å². The van der Waals surface area contributed by atoms with Crippen molar-refractivity contribution >= 4 is 16.9 Å². The zero-order chi connectivity index (χ0) is 21.3. The van der Waals surface area contributed by atoms with Crippen molar-refractivity contribution < 1.29 is 4.79 Å². The Hall–Kier alpha value is -2.77. The molecule has 1 aromatic carbocycles. The zero-order valence-electron chi connectivity index (χ0n) is 18.1. The lowest BCUT2D eigenvalue weighted by atomic mass is 10.00. The molecule has 3 aromatic rings. The van der Waals surface area contributed by atoms with Gasteiger partial charge in [-0.05, 0) is 44.7 Å². The molecule has 2 unspecified atom stereocenters. The lowest BCUT2D eigenvalue weighted by Crippen LogP contribution is -2.32. The van der Waals surface area contributed by atoms with Gasteiger partial charge < -0.3 is 4.90 Å². The number of hydrazine groups is 1. The maximum atomic E-state index is 13.2. The molecule has 0 bridgehead atoms. The van der Waals surface area contributed by atoms with E-state index in [1.165, 1.54) is 5.56 Å². The predicted molar refractivity (Wildman–Crippen MR) is 118 cm³/mol. The van der Waals surface area contributed by atoms with E-state index in [-0.39, 0.29) is 5.91 Å². The molecule has 2 aromatic heterocycles. The molecule has 1 aliphatic rings. The molecule has 1 aliphatic heterocycles. The topological polar surface area (TPSA) is 75.1 Å². The zero-order valence-corrected chi connectivity index (χ0v) is 18.1. The van der Waals surface area contributed by atoms with Gasteiger partial charge >= 0.3 is 0 Å². The molecule has 1 saturated heterocycles. The number of hydrogen-bond donors (Lipinski definition) is 2. The van der Waals surface area contributed by atoms with Crippen LogP contribution in [0, 0.1) is 13.8 Å². The van der Waals surface area contributed by atoms with Crippen LogP contribution < -0.4 is 10.9 Å². The number of carbonyl (C=O) groups excluding carboxylic acids is 1. The van der Waals surface area contributed by atoms with Crippen LogP contribution in [-0.2, 0) is 7.05 Å². The van der Waals surface area contributed by atoms with Gasteiger partial charge in [0, 0.05) is 38.4 Å². The van der Waals surface area contributed by atoms with E-state index >= 15 is 0 Å². The molecule has 4 rings (SSSR count). The van der Waals surface area contributed by atoms with Crippen molar-refractivity contribution in [1.82, 2.24) is 30.5 Å². The number of pyridine rings is 1. The van der Waals surface area contributed by atoms with Crippen LogP contribution in [0.1, 0.15) is 52.6 Å². The summed E-state index contributed by atoms with van der Waals surface area (Å²) in [5, 5.41) is 5.30. The molecule has 2 N–H and O–H groups in total. The first-order valence-corrected chi connectivity index (χ1v) is 10.6. The number of nitrogens with zero attached hydrogens (tertiary/aromatic N) is 4. The Morgan fingerprint density at radius 2 is 2.00 bits per heavy atom. The molecule has 0 saturated carbocycles. The van der Waals surface area contributed by atoms with E-state index in [4.69, 9.17) is 0 Å². The Labute approximate surface area is 177 Å². The number of rotatable bonds is 6. The van der Waals surface area contributed by atoms with Gasteiger partial charge in [-0.15, -0.1) is 0 Å². The smallest absolute Gasteiger partial charge is 0.254 e. The van der Waals surface area contributed by atoms with Crippen LogP contribution in [0.4, 0.5) is 0 Å². The Bertz CT molecular complexity index is 1040. The van der Waals surface area contributed by atoms with Crippen LogP contribution in [0.25, 0.3) is 11.0 Å². The predicted octanol–water partition coefficient (Wildman–Crippen LogP) is 3.05. The number of hydrogen-bond acceptors (Lipinski definition) is 5. The number of fused-ring (bicyclic) bond motifs is 1. The van der Waals surface area contributed by atoms with E-state index in [0.717, 1.165) is 48.2 Å². The fraction of sp³-hybridized carbons (Fsp3) is 0.435. The number of aryl methyl sites for hydroxylation is 3. The fourth-order valence-corrected chi connectivity index (χ4v) is 4.34. The second kappa shape index (κ2) is 8.53. The Balaban J connectivity index is 1.36. The molecule has 2 atom stereocenters. The van der Waals surface area contributed by atoms with Crippen LogP contribution in [0.3, 0.4) is 0 Å². The lowest BCUT2D eigenvalue weighted by Gasteiger charge is -2.19. The third kappa shape index (κ3) is 4.08. The highest BCUT2D eigenvalue weighted by atomic mass is 16.2. The van der Waals surface area contributed by atoms with E-state index in [0.29, 0.717) is 17.6 Å². The highest BCUT2D eigenvalue weighted by Crippen LogP contribution is 2.25. The van der Waals surface area contributed by atoms with Crippen LogP contribution in [0.2, 0.25) is 0 Å². The summed E-state index contributed by atoms with van der Waals surface area (Å²) in [7, 11) is 3.74. The first-order valence-electron chi connectivity index (χ1n) is 10.6. The average Bonchev–Trinajstić information content (AvgIpc) is 3.32. The van der Waals surface area contributed by atoms with Crippen molar-refractivity contribution in [3.8, 4) is 0 Å². The van der Waals surface area contributed by atoms with Crippen LogP contribution in [-0.4, -0.2) is 45.2 Å². The van der Waals surface area contributed by atoms with E-state index in [1.807, 2.05) is 45.0 Å². The van der Waals surface area contributed by atoms with Gasteiger partial charge in [-0.3, -0.25) is 20.3 Å². The second-order valence-corrected chi connectivity index (χ2v) is 8.27. The minimum atomic E-state index is 0.0290. The Morgan fingerprint density at radius 3 is 2.77 bits per heavy atom. The van der Waals surface area contributed by atoms with E-state index in [1.54, 1.807) is 4.68 Å². The minimum Gasteiger partial charge on any atom is -0.342 e. The van der Waals surface area contributed by atoms with Gasteiger partial charge in [-0.2, -0.15) is 5.10 Å². The molecule has 1 fully saturated rings. The number of aromatic nitrogens is 3. The first kappa shape index (κ1) is 20.5. The van der Waals surface area contributed by atoms with E-state index in [2.05, 4.69) is 45.2 Å². The molecule has 7 nitrogen and oxygen atoms in total. The van der Waals surface area contributed by atoms with Gasteiger partial charge in [0.2, 0.25) is 0 Å². The summed E-state index contributed by atoms with van der Waals surface area (Å²) in [6.07, 6.45) is 3.02. The van der Waals surface area contributed by atoms with Crippen molar-refractivity contribution in [1.29, 1.82) is 0 Å². The number of carbonyl (C=O) groups is 1. The van der Waals surface area contributed by atoms with Gasteiger partial charge in [-0.1, -0.05) is 30.3 Å². The second-order valence-electron chi connectivity index (χ2n) is 8.27. The fourth-order valence-electron chi connectivity index (χ4n) is 4.34. The summed E-state index contributed by atoms with van der Waals surface area (Å²) < 4.78 is 1.75. The van der Waals surface area contributed by atoms with E-state index < -0.39 is 0 Å². The molecule has 7 heteroatoms. The van der Waals surface area contributed by atoms with Gasteiger partial charge in [-0.25, -0.2) is 4.98 Å². The van der Waals surface area contributed by atoms with Crippen molar-refractivity contribution in [2.75, 3.05) is 13.6 Å². The highest BCUT2D eigenvalue weighted by molar-refractivity contribution is 6.06. The lowest BCUT2D eigenvalue weighted by molar-refractivity contribution is 0.0793. The monoisotopic (exact) mass is 406 g/mol. The summed E-state index contributed by atoms with van der Waals surface area (Å²) >= 11 is 0. The maximum Gasteiger partial charge on any atom is 0.254 e. The van der Waals surface area contributed by atoms with Crippen LogP contribution in [0.15, 0.2) is 36.4 Å². The van der Waals surface area contributed by atoms with Crippen LogP contribution >= 0.6 is 0 Å². The summed E-state index contributed by atoms with van der Waals surface area (Å²) in [6.45, 7) is 4.56. The number of amides is 1. The van der Waals surface area contributed by atoms with Crippen molar-refractivity contribution in [2.24, 2.45) is 7.05 Å². The normalized spacial score (nSPS) is 18.8. The van der Waals surface area contributed by atoms with Crippen molar-refractivity contribution in [3.05, 3.63) is 58.9 Å². The molecule has 158 valence electrons. The molecule has 30 heavy (non-hydrogen) atoms. The molecular formula is C23H30N6O. The Kier molecular flexibility index (Phi) is 5.83. The molecule has 0 spiro atoms. The van der Waals surface area contributed by atoms with Gasteiger partial charge in [0.15, 0.2) is 5.65 Å². The number of benzene rings is 1. The molecule has 0 aliphatic carbocycles. The number of nitrogens with one attached hydrogen (secondary N) is 2. The van der Waals surface area contributed by atoms with E-state index in [9.17, 15) is 4.79 Å². The van der Waals surface area contributed by atoms with Crippen molar-refractivity contribution in [2.45, 2.75) is 45.2 Å². The minimum absolute atomic E-state index is 0.0290. The third-order valence-corrected chi connectivity index (χ3v) is 5.90. The van der Waals surface area contributed by atoms with Crippen LogP contribution in [0.5, 0.6) is 0 Å². The molecule has 3 heterocycles. The summed E-state index contributed by atoms with van der Waals surface area (Å²) in [5.41, 5.74) is 11.2. The van der Waals surface area contributed by atoms with Gasteiger partial charge in [0.1, 0.15) is 0 Å². The average molecular weight is 407 g/mol. The maximum absolute atomic E-state index is 13.2. The summed E-state index contributed by atoms with van der Waals surface area (Å²) in [5.74, 6) is 0.0290. The SMILES string of the molecule is Cc1cc(C(=O)N(C)CCCC2CC(c3ccccc3)NN2)c2c(C)nn(C)c2n1. The Morgan fingerprint density at radius 1 is 1.23 bits per heavy atom. The third-order valence-electron chi connectivity index (χ3n) is 5.90. The van der Waals surface area contributed by atoms with Crippen molar-refractivity contribution in [3.63, 3.8) is 0 Å².